The number of benzene rings is 8. The van der Waals surface area contributed by atoms with E-state index in [9.17, 15) is 0 Å². The number of thiophene rings is 1. The first kappa shape index (κ1) is 31.4. The highest BCUT2D eigenvalue weighted by molar-refractivity contribution is 7.26. The van der Waals surface area contributed by atoms with Crippen molar-refractivity contribution < 1.29 is 0 Å². The predicted molar refractivity (Wildman–Crippen MR) is 217 cm³/mol. The zero-order valence-corrected chi connectivity index (χ0v) is 29.0. The Morgan fingerprint density at radius 3 is 1.92 bits per heavy atom. The summed E-state index contributed by atoms with van der Waals surface area (Å²) in [6.45, 7) is 2.22. The minimum absolute atomic E-state index is 0.728. The van der Waals surface area contributed by atoms with Gasteiger partial charge in [0.25, 0.3) is 0 Å². The van der Waals surface area contributed by atoms with Crippen molar-refractivity contribution in [2.75, 3.05) is 0 Å². The first-order chi connectivity index (χ1) is 25.2. The monoisotopic (exact) mass is 675 g/mol. The van der Waals surface area contributed by atoms with Gasteiger partial charge in [-0.15, -0.1) is 11.3 Å². The summed E-state index contributed by atoms with van der Waals surface area (Å²) in [5.74, 6) is 0. The van der Waals surface area contributed by atoms with Gasteiger partial charge < -0.3 is 0 Å². The molecule has 0 bridgehead atoms. The lowest BCUT2D eigenvalue weighted by molar-refractivity contribution is 0.132. The van der Waals surface area contributed by atoms with Crippen molar-refractivity contribution in [3.05, 3.63) is 193 Å². The van der Waals surface area contributed by atoms with E-state index in [1.165, 1.54) is 80.7 Å². The normalized spacial score (nSPS) is 11.7. The Kier molecular flexibility index (Phi) is 8.58. The van der Waals surface area contributed by atoms with Gasteiger partial charge in [-0.25, -0.2) is 10.4 Å². The highest BCUT2D eigenvalue weighted by atomic mass is 32.1. The number of nitrogens with zero attached hydrogens (tertiary/aromatic N) is 1. The van der Waals surface area contributed by atoms with Crippen LogP contribution in [0.15, 0.2) is 176 Å². The third kappa shape index (κ3) is 6.54. The van der Waals surface area contributed by atoms with E-state index in [0.717, 1.165) is 19.6 Å². The molecule has 51 heavy (non-hydrogen) atoms. The van der Waals surface area contributed by atoms with Crippen molar-refractivity contribution >= 4 is 53.1 Å². The molecule has 8 aromatic carbocycles. The summed E-state index contributed by atoms with van der Waals surface area (Å²) in [7, 11) is 0. The Morgan fingerprint density at radius 2 is 1.06 bits per heavy atom. The molecule has 0 aliphatic carbocycles. The molecule has 3 nitrogen and oxygen atoms in total. The molecule has 0 unspecified atom stereocenters. The van der Waals surface area contributed by atoms with Crippen LogP contribution in [0.3, 0.4) is 0 Å². The van der Waals surface area contributed by atoms with Gasteiger partial charge in [-0.1, -0.05) is 152 Å². The van der Waals surface area contributed by atoms with Crippen LogP contribution in [-0.4, -0.2) is 5.01 Å². The number of hydrazine groups is 2. The maximum absolute atomic E-state index is 3.51. The van der Waals surface area contributed by atoms with Gasteiger partial charge in [0.2, 0.25) is 0 Å². The van der Waals surface area contributed by atoms with Crippen LogP contribution in [0.1, 0.15) is 16.7 Å². The first-order valence-corrected chi connectivity index (χ1v) is 18.3. The van der Waals surface area contributed by atoms with E-state index < -0.39 is 0 Å². The molecule has 246 valence electrons. The summed E-state index contributed by atoms with van der Waals surface area (Å²) in [6, 6.07) is 63.8. The largest absolute Gasteiger partial charge is 0.240 e. The summed E-state index contributed by atoms with van der Waals surface area (Å²) in [6.07, 6.45) is 0. The molecule has 9 aromatic rings. The van der Waals surface area contributed by atoms with Gasteiger partial charge in [-0.2, -0.15) is 5.53 Å². The summed E-state index contributed by atoms with van der Waals surface area (Å²) in [4.78, 5) is 0. The number of fused-ring (bicyclic) bond motifs is 7. The second-order valence-electron chi connectivity index (χ2n) is 13.2. The SMILES string of the molecule is c1ccc(CNNN(Cc2ccc(-c3ccc4c(ccc5ccc6sc7ccccc7c6c54)c3)cc2)Cc2cccc(-c3ccccc3)c2)cc1. The Morgan fingerprint density at radius 1 is 0.412 bits per heavy atom. The third-order valence-electron chi connectivity index (χ3n) is 9.78. The molecule has 0 saturated heterocycles. The minimum atomic E-state index is 0.728. The molecule has 2 N–H and O–H groups in total. The van der Waals surface area contributed by atoms with Crippen molar-refractivity contribution in [3.63, 3.8) is 0 Å². The second kappa shape index (κ2) is 13.9. The lowest BCUT2D eigenvalue weighted by Gasteiger charge is -2.24. The standard InChI is InChI=1S/C47H37N3S/c1-3-10-33(11-4-1)30-48-49-50(32-35-12-9-15-39(28-35)36-13-5-2-6-14-36)31-34-18-20-37(21-19-34)40-24-26-42-41(29-40)23-22-38-25-27-45-47(46(38)42)43-16-7-8-17-44(43)51-45/h1-29,48-49H,30-32H2. The lowest BCUT2D eigenvalue weighted by atomic mass is 9.94. The lowest BCUT2D eigenvalue weighted by Crippen LogP contribution is -2.45. The smallest absolute Gasteiger partial charge is 0.0399 e. The summed E-state index contributed by atoms with van der Waals surface area (Å²) >= 11 is 1.88. The first-order valence-electron chi connectivity index (χ1n) is 17.5. The fourth-order valence-corrected chi connectivity index (χ4v) is 8.37. The summed E-state index contributed by atoms with van der Waals surface area (Å²) in [5, 5.41) is 10.2. The van der Waals surface area contributed by atoms with Gasteiger partial charge in [0.1, 0.15) is 0 Å². The summed E-state index contributed by atoms with van der Waals surface area (Å²) < 4.78 is 2.69. The molecule has 1 heterocycles. The Labute approximate surface area is 302 Å². The predicted octanol–water partition coefficient (Wildman–Crippen LogP) is 11.9. The van der Waals surface area contributed by atoms with Gasteiger partial charge in [-0.05, 0) is 84.8 Å². The van der Waals surface area contributed by atoms with Crippen LogP contribution in [0.5, 0.6) is 0 Å². The summed E-state index contributed by atoms with van der Waals surface area (Å²) in [5.41, 5.74) is 15.6. The molecule has 0 spiro atoms. The molecule has 9 rings (SSSR count). The van der Waals surface area contributed by atoms with Gasteiger partial charge in [0.05, 0.1) is 0 Å². The Balaban J connectivity index is 0.980. The molecular formula is C47H37N3S. The highest BCUT2D eigenvalue weighted by Gasteiger charge is 2.13. The fourth-order valence-electron chi connectivity index (χ4n) is 7.26. The van der Waals surface area contributed by atoms with Crippen LogP contribution < -0.4 is 11.0 Å². The quantitative estimate of drug-likeness (QED) is 0.112. The zero-order valence-electron chi connectivity index (χ0n) is 28.2. The average molecular weight is 676 g/mol. The van der Waals surface area contributed by atoms with Crippen LogP contribution in [0.2, 0.25) is 0 Å². The highest BCUT2D eigenvalue weighted by Crippen LogP contribution is 2.41. The van der Waals surface area contributed by atoms with Crippen LogP contribution in [-0.2, 0) is 19.6 Å². The number of hydrogen-bond donors (Lipinski definition) is 2. The zero-order chi connectivity index (χ0) is 34.0. The number of hydrogen-bond acceptors (Lipinski definition) is 4. The fraction of sp³-hybridized carbons (Fsp3) is 0.0638. The van der Waals surface area contributed by atoms with Crippen LogP contribution in [0, 0.1) is 0 Å². The van der Waals surface area contributed by atoms with E-state index >= 15 is 0 Å². The van der Waals surface area contributed by atoms with Gasteiger partial charge >= 0.3 is 0 Å². The molecule has 0 saturated carbocycles. The average Bonchev–Trinajstić information content (AvgIpc) is 3.58. The van der Waals surface area contributed by atoms with E-state index in [1.54, 1.807) is 0 Å². The molecule has 4 heteroatoms. The maximum atomic E-state index is 3.51. The maximum Gasteiger partial charge on any atom is 0.0399 e. The van der Waals surface area contributed by atoms with Gasteiger partial charge in [-0.3, -0.25) is 0 Å². The van der Waals surface area contributed by atoms with Crippen LogP contribution in [0.4, 0.5) is 0 Å². The molecule has 0 aliphatic rings. The van der Waals surface area contributed by atoms with Crippen molar-refractivity contribution in [2.24, 2.45) is 0 Å². The van der Waals surface area contributed by atoms with E-state index in [1.807, 2.05) is 11.3 Å². The number of nitrogens with one attached hydrogen (secondary N) is 2. The molecule has 1 aromatic heterocycles. The van der Waals surface area contributed by atoms with E-state index in [4.69, 9.17) is 0 Å². The molecule has 0 fully saturated rings. The Hall–Kier alpha value is -5.62. The molecule has 0 radical (unpaired) electrons. The van der Waals surface area contributed by atoms with E-state index in [2.05, 4.69) is 192 Å². The molecule has 0 amide bonds. The van der Waals surface area contributed by atoms with E-state index in [0.29, 0.717) is 0 Å². The van der Waals surface area contributed by atoms with Crippen molar-refractivity contribution in [3.8, 4) is 22.3 Å². The van der Waals surface area contributed by atoms with Crippen LogP contribution in [0.25, 0.3) is 64.0 Å². The second-order valence-corrected chi connectivity index (χ2v) is 14.3. The molecule has 0 atom stereocenters. The molecular weight excluding hydrogens is 639 g/mol. The third-order valence-corrected chi connectivity index (χ3v) is 10.9. The van der Waals surface area contributed by atoms with Crippen LogP contribution >= 0.6 is 11.3 Å². The molecule has 0 aliphatic heterocycles. The topological polar surface area (TPSA) is 27.3 Å². The number of rotatable bonds is 10. The van der Waals surface area contributed by atoms with E-state index in [-0.39, 0.29) is 0 Å². The van der Waals surface area contributed by atoms with Crippen molar-refractivity contribution in [1.82, 2.24) is 16.0 Å². The Bertz CT molecular complexity index is 2610. The van der Waals surface area contributed by atoms with Crippen molar-refractivity contribution in [1.29, 1.82) is 0 Å². The van der Waals surface area contributed by atoms with Gasteiger partial charge in [0.15, 0.2) is 0 Å². The van der Waals surface area contributed by atoms with Gasteiger partial charge in [0, 0.05) is 39.8 Å². The van der Waals surface area contributed by atoms with Crippen molar-refractivity contribution in [2.45, 2.75) is 19.6 Å². The minimum Gasteiger partial charge on any atom is -0.240 e.